The Morgan fingerprint density at radius 2 is 1.95 bits per heavy atom. The largest absolute Gasteiger partial charge is 0.478 e. The minimum Gasteiger partial charge on any atom is -0.478 e. The van der Waals surface area contributed by atoms with Crippen LogP contribution in [0.2, 0.25) is 0 Å². The van der Waals surface area contributed by atoms with Crippen LogP contribution in [0.5, 0.6) is 0 Å². The molecule has 8 heteroatoms. The molecule has 2 N–H and O–H groups in total. The normalized spacial score (nSPS) is 11.8. The molecule has 0 aliphatic carbocycles. The number of nitrogens with zero attached hydrogens (tertiary/aromatic N) is 1. The second-order valence-electron chi connectivity index (χ2n) is 4.56. The summed E-state index contributed by atoms with van der Waals surface area (Å²) >= 11 is 0. The van der Waals surface area contributed by atoms with E-state index in [2.05, 4.69) is 0 Å². The van der Waals surface area contributed by atoms with Gasteiger partial charge in [-0.1, -0.05) is 0 Å². The number of hydrogen-bond acceptors (Lipinski definition) is 4. The molecular weight excluding hydrogens is 301 g/mol. The van der Waals surface area contributed by atoms with Gasteiger partial charge in [-0.15, -0.1) is 0 Å². The van der Waals surface area contributed by atoms with Crippen molar-refractivity contribution in [1.29, 1.82) is 0 Å². The lowest BCUT2D eigenvalue weighted by Gasteiger charge is -2.17. The van der Waals surface area contributed by atoms with Crippen molar-refractivity contribution in [3.63, 3.8) is 0 Å². The van der Waals surface area contributed by atoms with Gasteiger partial charge in [0.15, 0.2) is 0 Å². The topological polar surface area (TPSA) is 94.9 Å². The molecule has 0 unspecified atom stereocenters. The van der Waals surface area contributed by atoms with Crippen LogP contribution in [0.4, 0.5) is 4.39 Å². The number of aromatic carboxylic acids is 1. The monoisotopic (exact) mass is 319 g/mol. The third kappa shape index (κ3) is 4.48. The first-order valence-corrected chi connectivity index (χ1v) is 7.84. The Kier molecular flexibility index (Phi) is 6.25. The van der Waals surface area contributed by atoms with Gasteiger partial charge in [-0.05, 0) is 37.5 Å². The van der Waals surface area contributed by atoms with Crippen molar-refractivity contribution in [3.05, 3.63) is 29.6 Å². The lowest BCUT2D eigenvalue weighted by atomic mass is 10.2. The molecular formula is C13H18FNO5S. The standard InChI is InChI=1S/C13H18FNO5S/c1-15(7-3-2-4-8-16)21(19,20)10-5-6-12(14)11(9-10)13(17)18/h5-6,9,16H,2-4,7-8H2,1H3,(H,17,18). The van der Waals surface area contributed by atoms with Gasteiger partial charge >= 0.3 is 5.97 Å². The summed E-state index contributed by atoms with van der Waals surface area (Å²) in [6, 6.07) is 2.69. The second-order valence-corrected chi connectivity index (χ2v) is 6.60. The van der Waals surface area contributed by atoms with Crippen molar-refractivity contribution in [1.82, 2.24) is 4.31 Å². The second kappa shape index (κ2) is 7.48. The highest BCUT2D eigenvalue weighted by atomic mass is 32.2. The molecule has 0 aromatic heterocycles. The van der Waals surface area contributed by atoms with E-state index < -0.39 is 27.4 Å². The Morgan fingerprint density at radius 1 is 1.29 bits per heavy atom. The van der Waals surface area contributed by atoms with Gasteiger partial charge in [-0.3, -0.25) is 0 Å². The van der Waals surface area contributed by atoms with E-state index in [1.807, 2.05) is 0 Å². The predicted molar refractivity (Wildman–Crippen MR) is 74.1 cm³/mol. The zero-order chi connectivity index (χ0) is 16.0. The number of carbonyl (C=O) groups is 1. The van der Waals surface area contributed by atoms with E-state index in [1.165, 1.54) is 7.05 Å². The van der Waals surface area contributed by atoms with Gasteiger partial charge in [0.2, 0.25) is 10.0 Å². The average molecular weight is 319 g/mol. The number of hydrogen-bond donors (Lipinski definition) is 2. The Bertz CT molecular complexity index is 603. The molecule has 0 aliphatic rings. The van der Waals surface area contributed by atoms with Crippen LogP contribution in [-0.4, -0.2) is 49.1 Å². The van der Waals surface area contributed by atoms with Gasteiger partial charge in [-0.2, -0.15) is 0 Å². The first kappa shape index (κ1) is 17.5. The van der Waals surface area contributed by atoms with Gasteiger partial charge in [0, 0.05) is 20.2 Å². The zero-order valence-electron chi connectivity index (χ0n) is 11.6. The lowest BCUT2D eigenvalue weighted by Crippen LogP contribution is -2.28. The van der Waals surface area contributed by atoms with Crippen LogP contribution in [-0.2, 0) is 10.0 Å². The molecule has 0 bridgehead atoms. The van der Waals surface area contributed by atoms with Gasteiger partial charge in [0.25, 0.3) is 0 Å². The molecule has 1 aromatic carbocycles. The van der Waals surface area contributed by atoms with Crippen LogP contribution in [0, 0.1) is 5.82 Å². The Labute approximate surface area is 122 Å². The quantitative estimate of drug-likeness (QED) is 0.704. The highest BCUT2D eigenvalue weighted by Crippen LogP contribution is 2.19. The fourth-order valence-corrected chi connectivity index (χ4v) is 2.99. The summed E-state index contributed by atoms with van der Waals surface area (Å²) in [6.45, 7) is 0.290. The maximum absolute atomic E-state index is 13.3. The van der Waals surface area contributed by atoms with Crippen LogP contribution in [0.3, 0.4) is 0 Å². The molecule has 6 nitrogen and oxygen atoms in total. The predicted octanol–water partition coefficient (Wildman–Crippen LogP) is 1.31. The molecule has 0 saturated heterocycles. The number of rotatable bonds is 8. The number of aliphatic hydroxyl groups is 1. The lowest BCUT2D eigenvalue weighted by molar-refractivity contribution is 0.0691. The van der Waals surface area contributed by atoms with Crippen molar-refractivity contribution in [2.75, 3.05) is 20.2 Å². The zero-order valence-corrected chi connectivity index (χ0v) is 12.4. The maximum atomic E-state index is 13.3. The highest BCUT2D eigenvalue weighted by molar-refractivity contribution is 7.89. The van der Waals surface area contributed by atoms with E-state index >= 15 is 0 Å². The fourth-order valence-electron chi connectivity index (χ4n) is 1.75. The van der Waals surface area contributed by atoms with E-state index in [0.29, 0.717) is 19.3 Å². The minimum atomic E-state index is -3.86. The number of carboxylic acids is 1. The molecule has 0 aliphatic heterocycles. The molecule has 0 atom stereocenters. The van der Waals surface area contributed by atoms with E-state index in [1.54, 1.807) is 0 Å². The summed E-state index contributed by atoms with van der Waals surface area (Å²) in [6.07, 6.45) is 1.84. The van der Waals surface area contributed by atoms with Crippen molar-refractivity contribution >= 4 is 16.0 Å². The van der Waals surface area contributed by atoms with E-state index in [-0.39, 0.29) is 18.0 Å². The number of halogens is 1. The van der Waals surface area contributed by atoms with Crippen LogP contribution in [0.1, 0.15) is 29.6 Å². The maximum Gasteiger partial charge on any atom is 0.338 e. The smallest absolute Gasteiger partial charge is 0.338 e. The number of aliphatic hydroxyl groups excluding tert-OH is 1. The average Bonchev–Trinajstić information content (AvgIpc) is 2.43. The van der Waals surface area contributed by atoms with Crippen LogP contribution in [0.25, 0.3) is 0 Å². The van der Waals surface area contributed by atoms with Crippen molar-refractivity contribution in [2.45, 2.75) is 24.2 Å². The highest BCUT2D eigenvalue weighted by Gasteiger charge is 2.23. The number of carboxylic acid groups (broad SMARTS) is 1. The van der Waals surface area contributed by atoms with Crippen molar-refractivity contribution in [2.24, 2.45) is 0 Å². The molecule has 0 amide bonds. The fraction of sp³-hybridized carbons (Fsp3) is 0.462. The Morgan fingerprint density at radius 3 is 2.52 bits per heavy atom. The van der Waals surface area contributed by atoms with Crippen molar-refractivity contribution in [3.8, 4) is 0 Å². The van der Waals surface area contributed by atoms with E-state index in [4.69, 9.17) is 10.2 Å². The molecule has 0 fully saturated rings. The number of benzene rings is 1. The Balaban J connectivity index is 2.92. The summed E-state index contributed by atoms with van der Waals surface area (Å²) < 4.78 is 38.9. The molecule has 0 spiro atoms. The van der Waals surface area contributed by atoms with Crippen LogP contribution < -0.4 is 0 Å². The molecule has 1 aromatic rings. The first-order valence-electron chi connectivity index (χ1n) is 6.40. The summed E-state index contributed by atoms with van der Waals surface area (Å²) in [7, 11) is -2.49. The van der Waals surface area contributed by atoms with Gasteiger partial charge < -0.3 is 10.2 Å². The SMILES string of the molecule is CN(CCCCCO)S(=O)(=O)c1ccc(F)c(C(=O)O)c1. The van der Waals surface area contributed by atoms with Crippen molar-refractivity contribution < 1.29 is 27.8 Å². The van der Waals surface area contributed by atoms with Crippen LogP contribution in [0.15, 0.2) is 23.1 Å². The molecule has 0 heterocycles. The molecule has 21 heavy (non-hydrogen) atoms. The third-order valence-corrected chi connectivity index (χ3v) is 4.86. The summed E-state index contributed by atoms with van der Waals surface area (Å²) in [5.41, 5.74) is -0.676. The summed E-state index contributed by atoms with van der Waals surface area (Å²) in [5.74, 6) is -2.50. The van der Waals surface area contributed by atoms with Gasteiger partial charge in [0.05, 0.1) is 10.5 Å². The summed E-state index contributed by atoms with van der Waals surface area (Å²) in [4.78, 5) is 10.6. The number of sulfonamides is 1. The Hall–Kier alpha value is -1.51. The molecule has 1 rings (SSSR count). The molecule has 118 valence electrons. The minimum absolute atomic E-state index is 0.0520. The third-order valence-electron chi connectivity index (χ3n) is 3.01. The van der Waals surface area contributed by atoms with E-state index in [0.717, 1.165) is 22.5 Å². The van der Waals surface area contributed by atoms with Gasteiger partial charge in [-0.25, -0.2) is 21.9 Å². The molecule has 0 radical (unpaired) electrons. The van der Waals surface area contributed by atoms with Crippen LogP contribution >= 0.6 is 0 Å². The number of unbranched alkanes of at least 4 members (excludes halogenated alkanes) is 2. The van der Waals surface area contributed by atoms with Gasteiger partial charge in [0.1, 0.15) is 5.82 Å². The summed E-state index contributed by atoms with van der Waals surface area (Å²) in [5, 5.41) is 17.5. The first-order chi connectivity index (χ1) is 9.80. The molecule has 0 saturated carbocycles. The van der Waals surface area contributed by atoms with E-state index in [9.17, 15) is 17.6 Å².